The molecule has 0 saturated carbocycles. The van der Waals surface area contributed by atoms with Crippen LogP contribution in [0.5, 0.6) is 0 Å². The summed E-state index contributed by atoms with van der Waals surface area (Å²) in [5.74, 6) is 0. The maximum atomic E-state index is 2.49. The molecular formula is C33H62N+. The summed E-state index contributed by atoms with van der Waals surface area (Å²) in [5, 5.41) is 0. The maximum absolute atomic E-state index is 2.49. The largest absolute Gasteiger partial charge is 0.205 e. The van der Waals surface area contributed by atoms with Crippen LogP contribution in [0.4, 0.5) is 0 Å². The SMILES string of the molecule is CCCCCCCCCCCCCCCCCC[n+]1ccc(CCCCC)c(CCCCC)c1. The fourth-order valence-corrected chi connectivity index (χ4v) is 5.20. The minimum atomic E-state index is 1.20. The van der Waals surface area contributed by atoms with Gasteiger partial charge in [-0.25, -0.2) is 4.57 Å². The first-order valence-corrected chi connectivity index (χ1v) is 15.8. The Hall–Kier alpha value is -0.850. The summed E-state index contributed by atoms with van der Waals surface area (Å²) < 4.78 is 2.48. The van der Waals surface area contributed by atoms with E-state index in [1.807, 2.05) is 0 Å². The minimum absolute atomic E-state index is 1.20. The van der Waals surface area contributed by atoms with Gasteiger partial charge in [-0.3, -0.25) is 0 Å². The van der Waals surface area contributed by atoms with E-state index in [1.54, 1.807) is 11.1 Å². The highest BCUT2D eigenvalue weighted by atomic mass is 14.9. The van der Waals surface area contributed by atoms with Crippen molar-refractivity contribution in [2.45, 2.75) is 181 Å². The summed E-state index contributed by atoms with van der Waals surface area (Å²) in [6.07, 6.45) is 38.6. The Kier molecular flexibility index (Phi) is 21.9. The van der Waals surface area contributed by atoms with Crippen LogP contribution in [-0.4, -0.2) is 0 Å². The lowest BCUT2D eigenvalue weighted by molar-refractivity contribution is -0.697. The molecule has 1 rings (SSSR count). The van der Waals surface area contributed by atoms with E-state index in [-0.39, 0.29) is 0 Å². The summed E-state index contributed by atoms with van der Waals surface area (Å²) in [6.45, 7) is 8.12. The number of hydrogen-bond acceptors (Lipinski definition) is 0. The second kappa shape index (κ2) is 23.9. The summed E-state index contributed by atoms with van der Waals surface area (Å²) in [4.78, 5) is 0. The van der Waals surface area contributed by atoms with E-state index in [4.69, 9.17) is 0 Å². The van der Waals surface area contributed by atoms with Crippen molar-refractivity contribution in [2.75, 3.05) is 0 Å². The molecule has 0 bridgehead atoms. The van der Waals surface area contributed by atoms with Gasteiger partial charge in [0.05, 0.1) is 0 Å². The summed E-state index contributed by atoms with van der Waals surface area (Å²) >= 11 is 0. The van der Waals surface area contributed by atoms with E-state index < -0.39 is 0 Å². The third-order valence-corrected chi connectivity index (χ3v) is 7.57. The molecule has 34 heavy (non-hydrogen) atoms. The summed E-state index contributed by atoms with van der Waals surface area (Å²) in [7, 11) is 0. The molecule has 1 aromatic rings. The summed E-state index contributed by atoms with van der Waals surface area (Å²) in [5.41, 5.74) is 3.25. The van der Waals surface area contributed by atoms with Gasteiger partial charge < -0.3 is 0 Å². The molecule has 0 N–H and O–H groups in total. The van der Waals surface area contributed by atoms with Gasteiger partial charge in [0, 0.05) is 18.1 Å². The molecule has 0 spiro atoms. The molecule has 1 aromatic heterocycles. The Morgan fingerprint density at radius 3 is 1.29 bits per heavy atom. The number of nitrogens with zero attached hydrogens (tertiary/aromatic N) is 1. The van der Waals surface area contributed by atoms with Crippen LogP contribution in [-0.2, 0) is 19.4 Å². The van der Waals surface area contributed by atoms with Crippen molar-refractivity contribution < 1.29 is 4.57 Å². The molecule has 0 aliphatic rings. The number of unbranched alkanes of at least 4 members (excludes halogenated alkanes) is 19. The molecule has 1 heterocycles. The predicted molar refractivity (Wildman–Crippen MR) is 153 cm³/mol. The van der Waals surface area contributed by atoms with Crippen molar-refractivity contribution in [3.05, 3.63) is 29.6 Å². The quantitative estimate of drug-likeness (QED) is 0.0983. The molecule has 1 nitrogen and oxygen atoms in total. The lowest BCUT2D eigenvalue weighted by atomic mass is 9.99. The fourth-order valence-electron chi connectivity index (χ4n) is 5.20. The fraction of sp³-hybridized carbons (Fsp3) is 0.848. The average Bonchev–Trinajstić information content (AvgIpc) is 2.85. The van der Waals surface area contributed by atoms with Gasteiger partial charge in [0.2, 0.25) is 0 Å². The number of aryl methyl sites for hydroxylation is 3. The lowest BCUT2D eigenvalue weighted by Crippen LogP contribution is -2.33. The Morgan fingerprint density at radius 2 is 0.824 bits per heavy atom. The monoisotopic (exact) mass is 472 g/mol. The van der Waals surface area contributed by atoms with Crippen molar-refractivity contribution in [1.82, 2.24) is 0 Å². The highest BCUT2D eigenvalue weighted by Gasteiger charge is 2.09. The van der Waals surface area contributed by atoms with Crippen molar-refractivity contribution in [3.8, 4) is 0 Å². The Bertz CT molecular complexity index is 549. The Labute approximate surface area is 215 Å². The topological polar surface area (TPSA) is 3.88 Å². The standard InChI is InChI=1S/C33H62N/c1-4-7-10-11-12-13-14-15-16-17-18-19-20-21-22-25-29-34-30-28-32(26-23-8-5-2)33(31-34)27-24-9-6-3/h28,30-31H,4-27,29H2,1-3H3/q+1. The van der Waals surface area contributed by atoms with Crippen LogP contribution >= 0.6 is 0 Å². The van der Waals surface area contributed by atoms with Crippen LogP contribution in [0.25, 0.3) is 0 Å². The molecule has 0 aromatic carbocycles. The first-order valence-electron chi connectivity index (χ1n) is 15.8. The van der Waals surface area contributed by atoms with E-state index in [0.717, 1.165) is 0 Å². The molecule has 0 fully saturated rings. The van der Waals surface area contributed by atoms with Gasteiger partial charge in [0.1, 0.15) is 6.54 Å². The number of hydrogen-bond donors (Lipinski definition) is 0. The molecule has 0 aliphatic carbocycles. The van der Waals surface area contributed by atoms with Gasteiger partial charge in [-0.05, 0) is 37.7 Å². The highest BCUT2D eigenvalue weighted by molar-refractivity contribution is 5.21. The van der Waals surface area contributed by atoms with Crippen molar-refractivity contribution in [1.29, 1.82) is 0 Å². The molecule has 0 amide bonds. The van der Waals surface area contributed by atoms with Crippen molar-refractivity contribution in [3.63, 3.8) is 0 Å². The first kappa shape index (κ1) is 31.2. The smallest absolute Gasteiger partial charge is 0.172 e. The highest BCUT2D eigenvalue weighted by Crippen LogP contribution is 2.16. The van der Waals surface area contributed by atoms with E-state index in [9.17, 15) is 0 Å². The van der Waals surface area contributed by atoms with Gasteiger partial charge in [0.15, 0.2) is 12.4 Å². The molecule has 0 unspecified atom stereocenters. The molecule has 1 heteroatoms. The molecular weight excluding hydrogens is 410 g/mol. The molecule has 0 radical (unpaired) electrons. The minimum Gasteiger partial charge on any atom is -0.205 e. The van der Waals surface area contributed by atoms with E-state index in [2.05, 4.69) is 43.8 Å². The van der Waals surface area contributed by atoms with E-state index >= 15 is 0 Å². The molecule has 0 aliphatic heterocycles. The molecule has 0 atom stereocenters. The number of rotatable bonds is 25. The van der Waals surface area contributed by atoms with Crippen molar-refractivity contribution in [2.24, 2.45) is 0 Å². The van der Waals surface area contributed by atoms with Crippen LogP contribution in [0.15, 0.2) is 18.5 Å². The normalized spacial score (nSPS) is 11.4. The third-order valence-electron chi connectivity index (χ3n) is 7.57. The van der Waals surface area contributed by atoms with Gasteiger partial charge in [-0.1, -0.05) is 136 Å². The van der Waals surface area contributed by atoms with Crippen LogP contribution in [0.1, 0.15) is 173 Å². The van der Waals surface area contributed by atoms with Gasteiger partial charge >= 0.3 is 0 Å². The number of pyridine rings is 1. The van der Waals surface area contributed by atoms with Gasteiger partial charge in [0.25, 0.3) is 0 Å². The zero-order valence-corrected chi connectivity index (χ0v) is 23.9. The van der Waals surface area contributed by atoms with Gasteiger partial charge in [-0.2, -0.15) is 0 Å². The third kappa shape index (κ3) is 17.6. The van der Waals surface area contributed by atoms with Gasteiger partial charge in [-0.15, -0.1) is 0 Å². The molecule has 198 valence electrons. The second-order valence-electron chi connectivity index (χ2n) is 11.0. The Morgan fingerprint density at radius 1 is 0.441 bits per heavy atom. The average molecular weight is 473 g/mol. The summed E-state index contributed by atoms with van der Waals surface area (Å²) in [6, 6.07) is 2.43. The predicted octanol–water partition coefficient (Wildman–Crippen LogP) is 10.7. The second-order valence-corrected chi connectivity index (χ2v) is 11.0. The maximum Gasteiger partial charge on any atom is 0.172 e. The lowest BCUT2D eigenvalue weighted by Gasteiger charge is -2.09. The van der Waals surface area contributed by atoms with Crippen LogP contribution < -0.4 is 4.57 Å². The van der Waals surface area contributed by atoms with Crippen LogP contribution in [0.3, 0.4) is 0 Å². The Balaban J connectivity index is 2.07. The van der Waals surface area contributed by atoms with E-state index in [1.165, 1.54) is 161 Å². The van der Waals surface area contributed by atoms with E-state index in [0.29, 0.717) is 0 Å². The van der Waals surface area contributed by atoms with Crippen molar-refractivity contribution >= 4 is 0 Å². The first-order chi connectivity index (χ1) is 16.8. The van der Waals surface area contributed by atoms with Crippen LogP contribution in [0.2, 0.25) is 0 Å². The molecule has 0 saturated heterocycles. The zero-order valence-electron chi connectivity index (χ0n) is 23.9. The number of aromatic nitrogens is 1. The van der Waals surface area contributed by atoms with Crippen LogP contribution in [0, 0.1) is 0 Å². The zero-order chi connectivity index (χ0) is 24.5.